The molecule has 1 aliphatic heterocycles. The van der Waals surface area contributed by atoms with Crippen molar-refractivity contribution in [1.29, 1.82) is 0 Å². The quantitative estimate of drug-likeness (QED) is 0.112. The number of aryl methyl sites for hydroxylation is 1. The van der Waals surface area contributed by atoms with Crippen molar-refractivity contribution in [3.63, 3.8) is 0 Å². The van der Waals surface area contributed by atoms with E-state index < -0.39 is 54.5 Å². The lowest BCUT2D eigenvalue weighted by molar-refractivity contribution is -0.777. The molecular weight excluding hydrogens is 530 g/mol. The van der Waals surface area contributed by atoms with E-state index in [1.165, 1.54) is 85.5 Å². The van der Waals surface area contributed by atoms with Crippen LogP contribution in [0.5, 0.6) is 0 Å². The Balaban J connectivity index is 2.11. The molecule has 0 unspecified atom stereocenters. The fourth-order valence-electron chi connectivity index (χ4n) is 5.07. The molecule has 1 fully saturated rings. The first-order valence-corrected chi connectivity index (χ1v) is 14.9. The Morgan fingerprint density at radius 3 is 1.68 bits per heavy atom. The zero-order valence-electron chi connectivity index (χ0n) is 25.3. The molecule has 0 bridgehead atoms. The molecule has 0 aromatic carbocycles. The maximum Gasteiger partial charge on any atom is 0.304 e. The zero-order chi connectivity index (χ0) is 30.2. The Labute approximate surface area is 244 Å². The number of rotatable bonds is 17. The molecule has 230 valence electrons. The molecule has 2 rings (SSSR count). The van der Waals surface area contributed by atoms with E-state index in [9.17, 15) is 19.2 Å². The standard InChI is InChI=1S/C31H48NO9/c1-6-7-8-9-10-11-12-13-14-15-16-26-17-19-32(20-18-26)31-30(40-25(5)36)29(39-24(4)35)28(38-23(3)34)27(41-31)21-37-22(2)33/h17-20,27-31H,6-16,21H2,1-5H3/q+1/t27-,28-,29+,30-,31+/m1/s1. The van der Waals surface area contributed by atoms with E-state index >= 15 is 0 Å². The molecule has 10 nitrogen and oxygen atoms in total. The molecule has 5 atom stereocenters. The van der Waals surface area contributed by atoms with Crippen molar-refractivity contribution in [1.82, 2.24) is 0 Å². The van der Waals surface area contributed by atoms with Gasteiger partial charge in [-0.1, -0.05) is 64.7 Å². The van der Waals surface area contributed by atoms with Gasteiger partial charge < -0.3 is 23.7 Å². The van der Waals surface area contributed by atoms with E-state index in [-0.39, 0.29) is 6.61 Å². The van der Waals surface area contributed by atoms with E-state index in [1.54, 1.807) is 4.57 Å². The maximum atomic E-state index is 12.1. The SMILES string of the molecule is CCCCCCCCCCCCc1cc[n+]([C@H]2O[C@H](COC(C)=O)[C@@H](OC(C)=O)[C@H](OC(C)=O)[C@H]2OC(C)=O)cc1. The van der Waals surface area contributed by atoms with Crippen molar-refractivity contribution >= 4 is 23.9 Å². The van der Waals surface area contributed by atoms with E-state index in [1.807, 2.05) is 24.5 Å². The second-order valence-electron chi connectivity index (χ2n) is 10.7. The lowest BCUT2D eigenvalue weighted by Crippen LogP contribution is -2.65. The Hall–Kier alpha value is -3.01. The van der Waals surface area contributed by atoms with Crippen molar-refractivity contribution in [2.75, 3.05) is 6.61 Å². The predicted molar refractivity (Wildman–Crippen MR) is 149 cm³/mol. The summed E-state index contributed by atoms with van der Waals surface area (Å²) in [5.74, 6) is -2.50. The molecule has 0 radical (unpaired) electrons. The van der Waals surface area contributed by atoms with Gasteiger partial charge in [-0.3, -0.25) is 19.2 Å². The number of carbonyl (C=O) groups excluding carboxylic acids is 4. The average Bonchev–Trinajstić information content (AvgIpc) is 2.90. The molecule has 41 heavy (non-hydrogen) atoms. The number of aromatic nitrogens is 1. The Morgan fingerprint density at radius 1 is 0.683 bits per heavy atom. The Kier molecular flexibility index (Phi) is 15.4. The third kappa shape index (κ3) is 12.6. The number of hydrogen-bond acceptors (Lipinski definition) is 9. The fourth-order valence-corrected chi connectivity index (χ4v) is 5.07. The van der Waals surface area contributed by atoms with Gasteiger partial charge in [0.05, 0.1) is 0 Å². The smallest absolute Gasteiger partial charge is 0.304 e. The summed E-state index contributed by atoms with van der Waals surface area (Å²) < 4.78 is 29.6. The minimum absolute atomic E-state index is 0.258. The van der Waals surface area contributed by atoms with Crippen LogP contribution in [0.3, 0.4) is 0 Å². The Morgan fingerprint density at radius 2 is 1.17 bits per heavy atom. The van der Waals surface area contributed by atoms with Crippen molar-refractivity contribution in [3.8, 4) is 0 Å². The van der Waals surface area contributed by atoms with Crippen LogP contribution in [0.2, 0.25) is 0 Å². The van der Waals surface area contributed by atoms with Crippen molar-refractivity contribution in [2.24, 2.45) is 0 Å². The van der Waals surface area contributed by atoms with E-state index in [0.717, 1.165) is 18.4 Å². The summed E-state index contributed by atoms with van der Waals surface area (Å²) >= 11 is 0. The van der Waals surface area contributed by atoms with Gasteiger partial charge in [0.1, 0.15) is 12.7 Å². The van der Waals surface area contributed by atoms with Gasteiger partial charge in [0, 0.05) is 39.8 Å². The number of esters is 4. The summed E-state index contributed by atoms with van der Waals surface area (Å²) in [5, 5.41) is 0. The summed E-state index contributed by atoms with van der Waals surface area (Å²) in [6.07, 6.45) is 11.9. The number of pyridine rings is 1. The molecule has 1 aromatic rings. The predicted octanol–water partition coefficient (Wildman–Crippen LogP) is 4.69. The topological polar surface area (TPSA) is 118 Å². The normalized spacial score (nSPS) is 22.0. The lowest BCUT2D eigenvalue weighted by atomic mass is 9.97. The van der Waals surface area contributed by atoms with Gasteiger partial charge in [-0.2, -0.15) is 4.57 Å². The Bertz CT molecular complexity index is 965. The molecule has 1 saturated heterocycles. The third-order valence-electron chi connectivity index (χ3n) is 7.00. The number of ether oxygens (including phenoxy) is 5. The molecule has 0 saturated carbocycles. The number of carbonyl (C=O) groups is 4. The van der Waals surface area contributed by atoms with Crippen LogP contribution < -0.4 is 4.57 Å². The van der Waals surface area contributed by atoms with Crippen molar-refractivity contribution in [2.45, 2.75) is 136 Å². The first kappa shape index (κ1) is 34.2. The summed E-state index contributed by atoms with van der Waals surface area (Å²) in [6, 6.07) is 3.95. The van der Waals surface area contributed by atoms with Crippen molar-refractivity contribution < 1.29 is 47.4 Å². The highest BCUT2D eigenvalue weighted by Crippen LogP contribution is 2.32. The van der Waals surface area contributed by atoms with E-state index in [0.29, 0.717) is 0 Å². The average molecular weight is 579 g/mol. The maximum absolute atomic E-state index is 12.1. The highest BCUT2D eigenvalue weighted by Gasteiger charge is 2.56. The highest BCUT2D eigenvalue weighted by atomic mass is 16.7. The van der Waals surface area contributed by atoms with Crippen LogP contribution in [0.15, 0.2) is 24.5 Å². The van der Waals surface area contributed by atoms with Gasteiger partial charge >= 0.3 is 30.1 Å². The van der Waals surface area contributed by atoms with Gasteiger partial charge in [0.15, 0.2) is 24.6 Å². The molecular formula is C31H48NO9+. The van der Waals surface area contributed by atoms with Gasteiger partial charge in [0.25, 0.3) is 0 Å². The number of nitrogens with zero attached hydrogens (tertiary/aromatic N) is 1. The van der Waals surface area contributed by atoms with Gasteiger partial charge in [-0.05, 0) is 18.4 Å². The summed E-state index contributed by atoms with van der Waals surface area (Å²) in [7, 11) is 0. The van der Waals surface area contributed by atoms with Crippen LogP contribution in [0.1, 0.15) is 111 Å². The van der Waals surface area contributed by atoms with Crippen molar-refractivity contribution in [3.05, 3.63) is 30.1 Å². The zero-order valence-corrected chi connectivity index (χ0v) is 25.3. The van der Waals surface area contributed by atoms with Crippen LogP contribution in [-0.4, -0.2) is 54.9 Å². The number of unbranched alkanes of at least 4 members (excludes halogenated alkanes) is 9. The highest BCUT2D eigenvalue weighted by molar-refractivity contribution is 5.68. The van der Waals surface area contributed by atoms with Crippen LogP contribution in [0, 0.1) is 0 Å². The molecule has 1 aliphatic rings. The molecule has 10 heteroatoms. The second kappa shape index (κ2) is 18.4. The van der Waals surface area contributed by atoms with Crippen LogP contribution in [-0.2, 0) is 49.3 Å². The van der Waals surface area contributed by atoms with Crippen LogP contribution >= 0.6 is 0 Å². The third-order valence-corrected chi connectivity index (χ3v) is 7.00. The largest absolute Gasteiger partial charge is 0.463 e. The second-order valence-corrected chi connectivity index (χ2v) is 10.7. The minimum atomic E-state index is -1.20. The van der Waals surface area contributed by atoms with Gasteiger partial charge in [0.2, 0.25) is 6.10 Å². The molecule has 0 N–H and O–H groups in total. The minimum Gasteiger partial charge on any atom is -0.463 e. The summed E-state index contributed by atoms with van der Waals surface area (Å²) in [6.45, 7) is 6.86. The van der Waals surface area contributed by atoms with Crippen LogP contribution in [0.4, 0.5) is 0 Å². The van der Waals surface area contributed by atoms with E-state index in [4.69, 9.17) is 23.7 Å². The van der Waals surface area contributed by atoms with Crippen LogP contribution in [0.25, 0.3) is 0 Å². The van der Waals surface area contributed by atoms with Gasteiger partial charge in [-0.15, -0.1) is 0 Å². The lowest BCUT2D eigenvalue weighted by Gasteiger charge is -2.41. The fraction of sp³-hybridized carbons (Fsp3) is 0.710. The molecule has 0 aliphatic carbocycles. The number of hydrogen-bond donors (Lipinski definition) is 0. The summed E-state index contributed by atoms with van der Waals surface area (Å²) in [4.78, 5) is 47.6. The van der Waals surface area contributed by atoms with E-state index in [2.05, 4.69) is 6.92 Å². The first-order valence-electron chi connectivity index (χ1n) is 14.9. The molecule has 0 spiro atoms. The molecule has 2 heterocycles. The monoisotopic (exact) mass is 578 g/mol. The molecule has 1 aromatic heterocycles. The summed E-state index contributed by atoms with van der Waals surface area (Å²) in [5.41, 5.74) is 1.16. The molecule has 0 amide bonds. The first-order chi connectivity index (χ1) is 19.6. The van der Waals surface area contributed by atoms with Gasteiger partial charge in [-0.25, -0.2) is 0 Å².